The van der Waals surface area contributed by atoms with Crippen LogP contribution in [0.2, 0.25) is 0 Å². The summed E-state index contributed by atoms with van der Waals surface area (Å²) in [4.78, 5) is 15.2. The van der Waals surface area contributed by atoms with Crippen molar-refractivity contribution in [3.8, 4) is 0 Å². The van der Waals surface area contributed by atoms with Gasteiger partial charge in [-0.3, -0.25) is 9.79 Å². The first-order valence-electron chi connectivity index (χ1n) is 5.91. The first-order chi connectivity index (χ1) is 8.24. The first-order valence-corrected chi connectivity index (χ1v) is 5.91. The number of esters is 1. The van der Waals surface area contributed by atoms with Crippen LogP contribution in [0.1, 0.15) is 20.3 Å². The Morgan fingerprint density at radius 3 is 2.65 bits per heavy atom. The van der Waals surface area contributed by atoms with Gasteiger partial charge in [-0.25, -0.2) is 0 Å². The average Bonchev–Trinajstić information content (AvgIpc) is 2.34. The molecule has 0 aliphatic carbocycles. The van der Waals surface area contributed by atoms with Crippen LogP contribution in [0.15, 0.2) is 4.99 Å². The summed E-state index contributed by atoms with van der Waals surface area (Å²) < 4.78 is 9.73. The van der Waals surface area contributed by atoms with Gasteiger partial charge in [0.25, 0.3) is 0 Å². The normalized spacial score (nSPS) is 11.1. The lowest BCUT2D eigenvalue weighted by atomic mass is 10.4. The van der Waals surface area contributed by atoms with Crippen LogP contribution in [0.25, 0.3) is 0 Å². The second-order valence-electron chi connectivity index (χ2n) is 3.21. The summed E-state index contributed by atoms with van der Waals surface area (Å²) in [5.74, 6) is 0.457. The zero-order valence-corrected chi connectivity index (χ0v) is 10.9. The first kappa shape index (κ1) is 15.7. The standard InChI is InChI=1S/C11H23N3O3/c1-4-12-11(14-8-9-17-5-2)13-7-6-10(15)16-3/h4-9H2,1-3H3,(H2,12,13,14). The van der Waals surface area contributed by atoms with Crippen LogP contribution in [-0.4, -0.2) is 51.9 Å². The molecule has 0 aliphatic heterocycles. The molecule has 0 spiro atoms. The van der Waals surface area contributed by atoms with Crippen LogP contribution < -0.4 is 10.6 Å². The molecule has 100 valence electrons. The van der Waals surface area contributed by atoms with Crippen LogP contribution in [0.4, 0.5) is 0 Å². The fourth-order valence-electron chi connectivity index (χ4n) is 1.09. The molecule has 0 unspecified atom stereocenters. The van der Waals surface area contributed by atoms with E-state index in [0.717, 1.165) is 6.54 Å². The summed E-state index contributed by atoms with van der Waals surface area (Å²) in [6, 6.07) is 0. The third-order valence-corrected chi connectivity index (χ3v) is 1.90. The largest absolute Gasteiger partial charge is 0.469 e. The quantitative estimate of drug-likeness (QED) is 0.275. The molecule has 0 fully saturated rings. The Bertz CT molecular complexity index is 232. The van der Waals surface area contributed by atoms with Gasteiger partial charge in [0.2, 0.25) is 0 Å². The van der Waals surface area contributed by atoms with Gasteiger partial charge in [0, 0.05) is 19.7 Å². The van der Waals surface area contributed by atoms with Gasteiger partial charge in [-0.2, -0.15) is 0 Å². The summed E-state index contributed by atoms with van der Waals surface area (Å²) in [6.45, 7) is 7.11. The second-order valence-corrected chi connectivity index (χ2v) is 3.21. The third kappa shape index (κ3) is 9.62. The van der Waals surface area contributed by atoms with E-state index in [-0.39, 0.29) is 5.97 Å². The number of rotatable bonds is 8. The van der Waals surface area contributed by atoms with E-state index in [4.69, 9.17) is 4.74 Å². The lowest BCUT2D eigenvalue weighted by Gasteiger charge is -2.10. The minimum absolute atomic E-state index is 0.234. The highest BCUT2D eigenvalue weighted by Crippen LogP contribution is 1.82. The molecular weight excluding hydrogens is 222 g/mol. The van der Waals surface area contributed by atoms with Crippen molar-refractivity contribution in [3.63, 3.8) is 0 Å². The smallest absolute Gasteiger partial charge is 0.307 e. The van der Waals surface area contributed by atoms with Crippen molar-refractivity contribution in [3.05, 3.63) is 0 Å². The van der Waals surface area contributed by atoms with Crippen molar-refractivity contribution in [2.75, 3.05) is 40.0 Å². The minimum Gasteiger partial charge on any atom is -0.469 e. The fraction of sp³-hybridized carbons (Fsp3) is 0.818. The number of nitrogens with one attached hydrogen (secondary N) is 2. The van der Waals surface area contributed by atoms with Crippen molar-refractivity contribution < 1.29 is 14.3 Å². The predicted molar refractivity (Wildman–Crippen MR) is 67.1 cm³/mol. The number of hydrogen-bond acceptors (Lipinski definition) is 4. The highest BCUT2D eigenvalue weighted by molar-refractivity contribution is 5.80. The lowest BCUT2D eigenvalue weighted by Crippen LogP contribution is -2.38. The van der Waals surface area contributed by atoms with Gasteiger partial charge in [0.1, 0.15) is 0 Å². The SMILES string of the molecule is CCNC(=NCCOCC)NCCC(=O)OC. The van der Waals surface area contributed by atoms with Gasteiger partial charge in [-0.15, -0.1) is 0 Å². The van der Waals surface area contributed by atoms with Gasteiger partial charge in [-0.1, -0.05) is 0 Å². The molecule has 0 radical (unpaired) electrons. The Morgan fingerprint density at radius 1 is 1.29 bits per heavy atom. The molecule has 6 heteroatoms. The van der Waals surface area contributed by atoms with Gasteiger partial charge in [0.05, 0.1) is 26.7 Å². The number of carbonyl (C=O) groups is 1. The second kappa shape index (κ2) is 11.2. The zero-order valence-electron chi connectivity index (χ0n) is 10.9. The summed E-state index contributed by atoms with van der Waals surface area (Å²) in [5, 5.41) is 6.13. The molecule has 0 atom stereocenters. The Labute approximate surface area is 103 Å². The molecular formula is C11H23N3O3. The minimum atomic E-state index is -0.234. The van der Waals surface area contributed by atoms with Gasteiger partial charge in [-0.05, 0) is 13.8 Å². The number of nitrogens with zero attached hydrogens (tertiary/aromatic N) is 1. The van der Waals surface area contributed by atoms with E-state index in [0.29, 0.717) is 38.7 Å². The van der Waals surface area contributed by atoms with Gasteiger partial charge in [0.15, 0.2) is 5.96 Å². The summed E-state index contributed by atoms with van der Waals surface area (Å²) in [6.07, 6.45) is 0.326. The summed E-state index contributed by atoms with van der Waals surface area (Å²) >= 11 is 0. The number of hydrogen-bond donors (Lipinski definition) is 2. The summed E-state index contributed by atoms with van der Waals surface area (Å²) in [5.41, 5.74) is 0. The maximum absolute atomic E-state index is 10.9. The van der Waals surface area contributed by atoms with E-state index in [2.05, 4.69) is 20.4 Å². The van der Waals surface area contributed by atoms with E-state index in [1.165, 1.54) is 7.11 Å². The highest BCUT2D eigenvalue weighted by atomic mass is 16.5. The molecule has 0 bridgehead atoms. The van der Waals surface area contributed by atoms with Gasteiger partial charge >= 0.3 is 5.97 Å². The molecule has 2 N–H and O–H groups in total. The Morgan fingerprint density at radius 2 is 2.06 bits per heavy atom. The maximum atomic E-state index is 10.9. The molecule has 0 heterocycles. The number of aliphatic imine (C=N–C) groups is 1. The van der Waals surface area contributed by atoms with Crippen LogP contribution in [-0.2, 0) is 14.3 Å². The van der Waals surface area contributed by atoms with Crippen LogP contribution in [0.3, 0.4) is 0 Å². The molecule has 6 nitrogen and oxygen atoms in total. The van der Waals surface area contributed by atoms with E-state index >= 15 is 0 Å². The predicted octanol–water partition coefficient (Wildman–Crippen LogP) is 0.141. The van der Waals surface area contributed by atoms with Crippen molar-refractivity contribution in [1.29, 1.82) is 0 Å². The van der Waals surface area contributed by atoms with E-state index in [9.17, 15) is 4.79 Å². The molecule has 0 saturated heterocycles. The number of guanidine groups is 1. The molecule has 0 saturated carbocycles. The molecule has 0 aromatic heterocycles. The van der Waals surface area contributed by atoms with Crippen molar-refractivity contribution in [1.82, 2.24) is 10.6 Å². The van der Waals surface area contributed by atoms with Crippen molar-refractivity contribution in [2.45, 2.75) is 20.3 Å². The van der Waals surface area contributed by atoms with Crippen LogP contribution in [0.5, 0.6) is 0 Å². The molecule has 0 aromatic rings. The Hall–Kier alpha value is -1.30. The molecule has 0 aliphatic rings. The van der Waals surface area contributed by atoms with Gasteiger partial charge < -0.3 is 20.1 Å². The maximum Gasteiger partial charge on any atom is 0.307 e. The third-order valence-electron chi connectivity index (χ3n) is 1.90. The van der Waals surface area contributed by atoms with Crippen molar-refractivity contribution >= 4 is 11.9 Å². The average molecular weight is 245 g/mol. The van der Waals surface area contributed by atoms with E-state index < -0.39 is 0 Å². The monoisotopic (exact) mass is 245 g/mol. The number of methoxy groups -OCH3 is 1. The van der Waals surface area contributed by atoms with Crippen LogP contribution in [0, 0.1) is 0 Å². The van der Waals surface area contributed by atoms with E-state index in [1.54, 1.807) is 0 Å². The van der Waals surface area contributed by atoms with E-state index in [1.807, 2.05) is 13.8 Å². The molecule has 17 heavy (non-hydrogen) atoms. The van der Waals surface area contributed by atoms with Crippen LogP contribution >= 0.6 is 0 Å². The molecule has 0 amide bonds. The zero-order chi connectivity index (χ0) is 12.9. The number of ether oxygens (including phenoxy) is 2. The fourth-order valence-corrected chi connectivity index (χ4v) is 1.09. The lowest BCUT2D eigenvalue weighted by molar-refractivity contribution is -0.140. The van der Waals surface area contributed by atoms with Crippen molar-refractivity contribution in [2.24, 2.45) is 4.99 Å². The number of carbonyl (C=O) groups excluding carboxylic acids is 1. The Kier molecular flexibility index (Phi) is 10.3. The summed E-state index contributed by atoms with van der Waals surface area (Å²) in [7, 11) is 1.38. The highest BCUT2D eigenvalue weighted by Gasteiger charge is 2.01. The molecule has 0 rings (SSSR count). The topological polar surface area (TPSA) is 72.0 Å². The Balaban J connectivity index is 3.83. The molecule has 0 aromatic carbocycles.